The molecule has 28 heavy (non-hydrogen) atoms. The minimum Gasteiger partial charge on any atom is -0.361 e. The molecule has 146 valence electrons. The molecule has 3 rings (SSSR count). The zero-order valence-corrected chi connectivity index (χ0v) is 16.2. The van der Waals surface area contributed by atoms with E-state index in [2.05, 4.69) is 15.8 Å². The minimum absolute atomic E-state index is 0.0892. The van der Waals surface area contributed by atoms with Crippen LogP contribution < -0.4 is 10.9 Å². The lowest BCUT2D eigenvalue weighted by atomic mass is 10.1. The van der Waals surface area contributed by atoms with Crippen LogP contribution in [0.15, 0.2) is 59.6 Å². The SMILES string of the molecule is Cc1ccc(S(=O)(=O)CCC(=O)NNC(=O)Cc2c[nH]c3ccccc23)cc1. The van der Waals surface area contributed by atoms with Crippen molar-refractivity contribution < 1.29 is 18.0 Å². The average Bonchev–Trinajstić information content (AvgIpc) is 3.08. The van der Waals surface area contributed by atoms with Gasteiger partial charge < -0.3 is 4.98 Å². The molecular formula is C20H21N3O4S. The molecule has 0 bridgehead atoms. The monoisotopic (exact) mass is 399 g/mol. The Morgan fingerprint density at radius 2 is 1.64 bits per heavy atom. The van der Waals surface area contributed by atoms with E-state index in [1.165, 1.54) is 12.1 Å². The fraction of sp³-hybridized carbons (Fsp3) is 0.200. The Labute approximate surface area is 163 Å². The van der Waals surface area contributed by atoms with Crippen molar-refractivity contribution in [2.75, 3.05) is 5.75 Å². The summed E-state index contributed by atoms with van der Waals surface area (Å²) in [6.45, 7) is 1.86. The zero-order valence-electron chi connectivity index (χ0n) is 15.4. The van der Waals surface area contributed by atoms with Crippen molar-refractivity contribution in [2.24, 2.45) is 0 Å². The lowest BCUT2D eigenvalue weighted by molar-refractivity contribution is -0.128. The molecule has 0 spiro atoms. The van der Waals surface area contributed by atoms with Gasteiger partial charge in [0.05, 0.1) is 17.1 Å². The number of fused-ring (bicyclic) bond motifs is 1. The number of benzene rings is 2. The van der Waals surface area contributed by atoms with Gasteiger partial charge in [0.15, 0.2) is 9.84 Å². The molecule has 0 unspecified atom stereocenters. The molecule has 3 aromatic rings. The number of aryl methyl sites for hydroxylation is 1. The maximum Gasteiger partial charge on any atom is 0.242 e. The van der Waals surface area contributed by atoms with Gasteiger partial charge in [0.1, 0.15) is 0 Å². The van der Waals surface area contributed by atoms with Crippen molar-refractivity contribution >= 4 is 32.6 Å². The third-order valence-corrected chi connectivity index (χ3v) is 6.08. The number of rotatable bonds is 6. The molecule has 0 fully saturated rings. The standard InChI is InChI=1S/C20H21N3O4S/c1-14-6-8-16(9-7-14)28(26,27)11-10-19(24)22-23-20(25)12-15-13-21-18-5-3-2-4-17(15)18/h2-9,13,21H,10-12H2,1H3,(H,22,24)(H,23,25). The second-order valence-electron chi connectivity index (χ2n) is 6.51. The van der Waals surface area contributed by atoms with E-state index in [9.17, 15) is 18.0 Å². The lowest BCUT2D eigenvalue weighted by Gasteiger charge is -2.08. The summed E-state index contributed by atoms with van der Waals surface area (Å²) in [4.78, 5) is 27.2. The molecule has 7 nitrogen and oxygen atoms in total. The number of para-hydroxylation sites is 1. The molecule has 0 radical (unpaired) electrons. The fourth-order valence-electron chi connectivity index (χ4n) is 2.79. The summed E-state index contributed by atoms with van der Waals surface area (Å²) < 4.78 is 24.5. The number of nitrogens with one attached hydrogen (secondary N) is 3. The van der Waals surface area contributed by atoms with Gasteiger partial charge in [-0.25, -0.2) is 8.42 Å². The first kappa shape index (κ1) is 19.6. The number of sulfone groups is 1. The molecular weight excluding hydrogens is 378 g/mol. The predicted octanol–water partition coefficient (Wildman–Crippen LogP) is 2.03. The highest BCUT2D eigenvalue weighted by Crippen LogP contribution is 2.18. The van der Waals surface area contributed by atoms with Crippen LogP contribution in [0.2, 0.25) is 0 Å². The van der Waals surface area contributed by atoms with E-state index in [-0.39, 0.29) is 29.4 Å². The summed E-state index contributed by atoms with van der Waals surface area (Å²) in [6.07, 6.45) is 1.59. The minimum atomic E-state index is -3.55. The van der Waals surface area contributed by atoms with Crippen LogP contribution in [0.5, 0.6) is 0 Å². The van der Waals surface area contributed by atoms with Crippen LogP contribution in [0.3, 0.4) is 0 Å². The number of carbonyl (C=O) groups is 2. The van der Waals surface area contributed by atoms with Crippen molar-refractivity contribution in [3.63, 3.8) is 0 Å². The van der Waals surface area contributed by atoms with Crippen molar-refractivity contribution in [2.45, 2.75) is 24.7 Å². The number of hydrazine groups is 1. The van der Waals surface area contributed by atoms with E-state index in [0.717, 1.165) is 22.0 Å². The Morgan fingerprint density at radius 3 is 2.39 bits per heavy atom. The van der Waals surface area contributed by atoms with Crippen LogP contribution in [0.25, 0.3) is 10.9 Å². The summed E-state index contributed by atoms with van der Waals surface area (Å²) in [5.74, 6) is -1.29. The Hall–Kier alpha value is -3.13. The Morgan fingerprint density at radius 1 is 0.964 bits per heavy atom. The molecule has 0 saturated carbocycles. The third kappa shape index (κ3) is 4.77. The number of carbonyl (C=O) groups excluding carboxylic acids is 2. The van der Waals surface area contributed by atoms with E-state index < -0.39 is 15.7 Å². The van der Waals surface area contributed by atoms with Crippen molar-refractivity contribution in [1.82, 2.24) is 15.8 Å². The third-order valence-electron chi connectivity index (χ3n) is 4.35. The highest BCUT2D eigenvalue weighted by Gasteiger charge is 2.17. The molecule has 0 aliphatic heterocycles. The fourth-order valence-corrected chi connectivity index (χ4v) is 4.03. The highest BCUT2D eigenvalue weighted by molar-refractivity contribution is 7.91. The molecule has 0 saturated heterocycles. The average molecular weight is 399 g/mol. The number of H-pyrrole nitrogens is 1. The molecule has 0 atom stereocenters. The second-order valence-corrected chi connectivity index (χ2v) is 8.62. The first-order valence-corrected chi connectivity index (χ1v) is 10.4. The summed E-state index contributed by atoms with van der Waals surface area (Å²) in [7, 11) is -3.55. The molecule has 2 aromatic carbocycles. The molecule has 3 N–H and O–H groups in total. The molecule has 2 amide bonds. The maximum absolute atomic E-state index is 12.3. The van der Waals surface area contributed by atoms with Gasteiger partial charge in [0, 0.05) is 23.5 Å². The van der Waals surface area contributed by atoms with Gasteiger partial charge in [-0.2, -0.15) is 0 Å². The quantitative estimate of drug-likeness (QED) is 0.551. The second kappa shape index (κ2) is 8.26. The summed E-state index contributed by atoms with van der Waals surface area (Å²) in [6, 6.07) is 14.0. The zero-order chi connectivity index (χ0) is 20.1. The van der Waals surface area contributed by atoms with Crippen molar-refractivity contribution in [1.29, 1.82) is 0 Å². The van der Waals surface area contributed by atoms with Crippen LogP contribution in [0.4, 0.5) is 0 Å². The van der Waals surface area contributed by atoms with Gasteiger partial charge in [-0.3, -0.25) is 20.4 Å². The largest absolute Gasteiger partial charge is 0.361 e. The summed E-state index contributed by atoms with van der Waals surface area (Å²) >= 11 is 0. The van der Waals surface area contributed by atoms with E-state index >= 15 is 0 Å². The van der Waals surface area contributed by atoms with Gasteiger partial charge in [-0.15, -0.1) is 0 Å². The molecule has 1 heterocycles. The Balaban J connectivity index is 1.48. The maximum atomic E-state index is 12.3. The van der Waals surface area contributed by atoms with Gasteiger partial charge in [-0.1, -0.05) is 35.9 Å². The van der Waals surface area contributed by atoms with Crippen molar-refractivity contribution in [3.05, 3.63) is 65.9 Å². The molecule has 1 aromatic heterocycles. The molecule has 0 aliphatic rings. The normalized spacial score (nSPS) is 11.3. The summed E-state index contributed by atoms with van der Waals surface area (Å²) in [5.41, 5.74) is 7.27. The topological polar surface area (TPSA) is 108 Å². The smallest absolute Gasteiger partial charge is 0.242 e. The number of hydrogen-bond acceptors (Lipinski definition) is 4. The van der Waals surface area contributed by atoms with Crippen LogP contribution in [-0.4, -0.2) is 31.0 Å². The number of aromatic nitrogens is 1. The van der Waals surface area contributed by atoms with Gasteiger partial charge in [-0.05, 0) is 30.7 Å². The van der Waals surface area contributed by atoms with E-state index in [4.69, 9.17) is 0 Å². The molecule has 0 aliphatic carbocycles. The van der Waals surface area contributed by atoms with Crippen LogP contribution in [0, 0.1) is 6.92 Å². The van der Waals surface area contributed by atoms with E-state index in [0.29, 0.717) is 0 Å². The number of amides is 2. The first-order chi connectivity index (χ1) is 13.3. The van der Waals surface area contributed by atoms with Gasteiger partial charge in [0.2, 0.25) is 11.8 Å². The van der Waals surface area contributed by atoms with Gasteiger partial charge in [0.25, 0.3) is 0 Å². The van der Waals surface area contributed by atoms with E-state index in [1.54, 1.807) is 18.3 Å². The summed E-state index contributed by atoms with van der Waals surface area (Å²) in [5, 5.41) is 0.938. The first-order valence-electron chi connectivity index (χ1n) is 8.77. The van der Waals surface area contributed by atoms with Crippen LogP contribution in [0.1, 0.15) is 17.5 Å². The van der Waals surface area contributed by atoms with Crippen molar-refractivity contribution in [3.8, 4) is 0 Å². The Kier molecular flexibility index (Phi) is 5.79. The van der Waals surface area contributed by atoms with Gasteiger partial charge >= 0.3 is 0 Å². The lowest BCUT2D eigenvalue weighted by Crippen LogP contribution is -2.42. The van der Waals surface area contributed by atoms with Crippen LogP contribution in [-0.2, 0) is 25.8 Å². The Bertz CT molecular complexity index is 1100. The molecule has 8 heteroatoms. The number of hydrogen-bond donors (Lipinski definition) is 3. The van der Waals surface area contributed by atoms with Crippen LogP contribution >= 0.6 is 0 Å². The number of aromatic amines is 1. The predicted molar refractivity (Wildman–Crippen MR) is 106 cm³/mol. The van der Waals surface area contributed by atoms with E-state index in [1.807, 2.05) is 31.2 Å². The highest BCUT2D eigenvalue weighted by atomic mass is 32.2.